The van der Waals surface area contributed by atoms with Crippen molar-refractivity contribution < 1.29 is 9.90 Å². The van der Waals surface area contributed by atoms with Crippen molar-refractivity contribution in [2.45, 2.75) is 0 Å². The summed E-state index contributed by atoms with van der Waals surface area (Å²) in [6.07, 6.45) is 0. The number of hydrogen-bond donors (Lipinski definition) is 2. The molecule has 0 unspecified atom stereocenters. The van der Waals surface area contributed by atoms with Gasteiger partial charge in [0.05, 0.1) is 6.54 Å². The SMILES string of the molecule is NCC(=O)O.[S]. The third kappa shape index (κ3) is 9.22. The fraction of sp³-hybridized carbons (Fsp3) is 0.500. The van der Waals surface area contributed by atoms with E-state index in [1.54, 1.807) is 0 Å². The summed E-state index contributed by atoms with van der Waals surface area (Å²) in [6.45, 7) is -0.278. The minimum Gasteiger partial charge on any atom is -0.480 e. The van der Waals surface area contributed by atoms with Gasteiger partial charge in [-0.25, -0.2) is 0 Å². The molecule has 6 heavy (non-hydrogen) atoms. The van der Waals surface area contributed by atoms with Crippen LogP contribution in [0.2, 0.25) is 0 Å². The highest BCUT2D eigenvalue weighted by molar-refractivity contribution is 7.59. The lowest BCUT2D eigenvalue weighted by Gasteiger charge is -1.73. The fourth-order valence-corrected chi connectivity index (χ4v) is 0. The molecule has 0 bridgehead atoms. The molecule has 0 spiro atoms. The Morgan fingerprint density at radius 2 is 2.00 bits per heavy atom. The Kier molecular flexibility index (Phi) is 7.36. The minimum atomic E-state index is -0.968. The molecular weight excluding hydrogens is 102 g/mol. The van der Waals surface area contributed by atoms with E-state index in [-0.39, 0.29) is 20.0 Å². The van der Waals surface area contributed by atoms with E-state index in [0.717, 1.165) is 0 Å². The molecule has 0 heterocycles. The molecule has 0 aromatic rings. The number of aliphatic carboxylic acids is 1. The van der Waals surface area contributed by atoms with Crippen LogP contribution >= 0.6 is 13.5 Å². The van der Waals surface area contributed by atoms with Crippen molar-refractivity contribution >= 4 is 19.5 Å². The van der Waals surface area contributed by atoms with Gasteiger partial charge in [0.25, 0.3) is 0 Å². The first-order chi connectivity index (χ1) is 2.27. The van der Waals surface area contributed by atoms with Crippen LogP contribution in [0, 0.1) is 0 Å². The van der Waals surface area contributed by atoms with Crippen molar-refractivity contribution in [2.24, 2.45) is 5.73 Å². The largest absolute Gasteiger partial charge is 0.480 e. The molecule has 0 saturated heterocycles. The number of carbonyl (C=O) groups is 1. The van der Waals surface area contributed by atoms with E-state index in [9.17, 15) is 4.79 Å². The molecule has 0 rings (SSSR count). The second-order valence-electron chi connectivity index (χ2n) is 0.598. The normalized spacial score (nSPS) is 6.17. The van der Waals surface area contributed by atoms with Gasteiger partial charge in [0, 0.05) is 13.5 Å². The zero-order valence-electron chi connectivity index (χ0n) is 3.05. The molecule has 0 aromatic heterocycles. The third-order valence-corrected chi connectivity index (χ3v) is 0.175. The summed E-state index contributed by atoms with van der Waals surface area (Å²) < 4.78 is 0. The van der Waals surface area contributed by atoms with Gasteiger partial charge in [-0.15, -0.1) is 0 Å². The Hall–Kier alpha value is -0.220. The predicted molar refractivity (Wildman–Crippen MR) is 24.3 cm³/mol. The average molecular weight is 107 g/mol. The van der Waals surface area contributed by atoms with Crippen molar-refractivity contribution in [3.63, 3.8) is 0 Å². The topological polar surface area (TPSA) is 63.3 Å². The maximum atomic E-state index is 9.24. The molecule has 3 N–H and O–H groups in total. The summed E-state index contributed by atoms with van der Waals surface area (Å²) in [6, 6.07) is 0. The Labute approximate surface area is 42.6 Å². The van der Waals surface area contributed by atoms with Gasteiger partial charge < -0.3 is 10.8 Å². The molecule has 2 radical (unpaired) electrons. The van der Waals surface area contributed by atoms with E-state index < -0.39 is 5.97 Å². The molecule has 36 valence electrons. The Balaban J connectivity index is 0. The van der Waals surface area contributed by atoms with Crippen LogP contribution in [0.3, 0.4) is 0 Å². The number of carboxylic acids is 1. The van der Waals surface area contributed by atoms with Gasteiger partial charge in [0.1, 0.15) is 0 Å². The predicted octanol–water partition coefficient (Wildman–Crippen LogP) is -0.322. The molecule has 4 heteroatoms. The van der Waals surface area contributed by atoms with Crippen molar-refractivity contribution in [3.05, 3.63) is 0 Å². The summed E-state index contributed by atoms with van der Waals surface area (Å²) >= 11 is 0. The van der Waals surface area contributed by atoms with Crippen LogP contribution in [-0.2, 0) is 4.79 Å². The monoisotopic (exact) mass is 107 g/mol. The summed E-state index contributed by atoms with van der Waals surface area (Å²) in [7, 11) is 0. The van der Waals surface area contributed by atoms with Gasteiger partial charge in [-0.3, -0.25) is 4.79 Å². The van der Waals surface area contributed by atoms with Crippen LogP contribution in [0.25, 0.3) is 0 Å². The Morgan fingerprint density at radius 3 is 2.00 bits per heavy atom. The van der Waals surface area contributed by atoms with Gasteiger partial charge in [0.2, 0.25) is 0 Å². The van der Waals surface area contributed by atoms with Gasteiger partial charge >= 0.3 is 5.97 Å². The molecule has 0 amide bonds. The first-order valence-electron chi connectivity index (χ1n) is 1.19. The maximum absolute atomic E-state index is 9.24. The minimum absolute atomic E-state index is 0. The van der Waals surface area contributed by atoms with Crippen molar-refractivity contribution in [2.75, 3.05) is 6.54 Å². The molecule has 0 aliphatic rings. The Morgan fingerprint density at radius 1 is 1.83 bits per heavy atom. The number of nitrogens with two attached hydrogens (primary N) is 1. The summed E-state index contributed by atoms with van der Waals surface area (Å²) in [5.41, 5.74) is 4.57. The molecule has 3 nitrogen and oxygen atoms in total. The molecule has 0 aliphatic carbocycles. The van der Waals surface area contributed by atoms with E-state index in [0.29, 0.717) is 0 Å². The lowest BCUT2D eigenvalue weighted by molar-refractivity contribution is -0.135. The van der Waals surface area contributed by atoms with Crippen LogP contribution in [0.4, 0.5) is 0 Å². The summed E-state index contributed by atoms with van der Waals surface area (Å²) in [5, 5.41) is 7.60. The van der Waals surface area contributed by atoms with Crippen LogP contribution in [0.15, 0.2) is 0 Å². The van der Waals surface area contributed by atoms with E-state index >= 15 is 0 Å². The first kappa shape index (κ1) is 9.24. The molecular formula is C2H5NO2S. The highest BCUT2D eigenvalue weighted by atomic mass is 32.1. The van der Waals surface area contributed by atoms with E-state index in [2.05, 4.69) is 5.73 Å². The number of rotatable bonds is 1. The first-order valence-corrected chi connectivity index (χ1v) is 1.19. The van der Waals surface area contributed by atoms with Crippen LogP contribution in [0.5, 0.6) is 0 Å². The molecule has 0 aromatic carbocycles. The van der Waals surface area contributed by atoms with Gasteiger partial charge in [-0.05, 0) is 0 Å². The summed E-state index contributed by atoms with van der Waals surface area (Å²) in [4.78, 5) is 9.24. The second-order valence-corrected chi connectivity index (χ2v) is 0.598. The highest BCUT2D eigenvalue weighted by Crippen LogP contribution is 1.43. The lowest BCUT2D eigenvalue weighted by atomic mass is 10.7. The quantitative estimate of drug-likeness (QED) is 0.482. The van der Waals surface area contributed by atoms with Gasteiger partial charge in [0.15, 0.2) is 0 Å². The van der Waals surface area contributed by atoms with Gasteiger partial charge in [-0.1, -0.05) is 0 Å². The average Bonchev–Trinajstić information content (AvgIpc) is 1.38. The molecule has 0 aliphatic heterocycles. The van der Waals surface area contributed by atoms with E-state index in [1.807, 2.05) is 0 Å². The fourth-order valence-electron chi connectivity index (χ4n) is 0. The second kappa shape index (κ2) is 4.78. The van der Waals surface area contributed by atoms with Crippen LogP contribution < -0.4 is 5.73 Å². The van der Waals surface area contributed by atoms with Gasteiger partial charge in [-0.2, -0.15) is 0 Å². The highest BCUT2D eigenvalue weighted by Gasteiger charge is 1.81. The number of carboxylic acid groups (broad SMARTS) is 1. The third-order valence-electron chi connectivity index (χ3n) is 0.175. The zero-order chi connectivity index (χ0) is 4.28. The summed E-state index contributed by atoms with van der Waals surface area (Å²) in [5.74, 6) is -0.968. The maximum Gasteiger partial charge on any atom is 0.317 e. The lowest BCUT2D eigenvalue weighted by Crippen LogP contribution is -2.10. The van der Waals surface area contributed by atoms with Crippen molar-refractivity contribution in [1.82, 2.24) is 0 Å². The smallest absolute Gasteiger partial charge is 0.317 e. The molecule has 0 fully saturated rings. The van der Waals surface area contributed by atoms with E-state index in [4.69, 9.17) is 5.11 Å². The molecule has 0 atom stereocenters. The van der Waals surface area contributed by atoms with E-state index in [1.165, 1.54) is 0 Å². The zero-order valence-corrected chi connectivity index (χ0v) is 3.86. The van der Waals surface area contributed by atoms with Crippen molar-refractivity contribution in [1.29, 1.82) is 0 Å². The Bertz CT molecular complexity index is 46.8. The van der Waals surface area contributed by atoms with Crippen molar-refractivity contribution in [3.8, 4) is 0 Å². The van der Waals surface area contributed by atoms with Crippen LogP contribution in [-0.4, -0.2) is 17.6 Å². The van der Waals surface area contributed by atoms with Crippen LogP contribution in [0.1, 0.15) is 0 Å². The number of hydrogen-bond acceptors (Lipinski definition) is 2. The standard InChI is InChI=1S/C2H5NO2.S/c3-1-2(4)5;/h1,3H2,(H,4,5);. The molecule has 0 saturated carbocycles.